The number of benzene rings is 3. The minimum Gasteiger partial charge on any atom is -0.324 e. The topological polar surface area (TPSA) is 118 Å². The molecule has 1 fully saturated rings. The van der Waals surface area contributed by atoms with Crippen LogP contribution in [-0.4, -0.2) is 90.1 Å². The first-order valence-electron chi connectivity index (χ1n) is 13.7. The average Bonchev–Trinajstić information content (AvgIpc) is 3.63. The molecule has 3 heterocycles. The fourth-order valence-electron chi connectivity index (χ4n) is 5.11. The number of halogens is 2. The molecule has 2 aromatic heterocycles. The van der Waals surface area contributed by atoms with Crippen LogP contribution < -0.4 is 10.2 Å². The predicted molar refractivity (Wildman–Crippen MR) is 173 cm³/mol. The minimum atomic E-state index is -1.70. The maximum absolute atomic E-state index is 13.8. The summed E-state index contributed by atoms with van der Waals surface area (Å²) in [5.74, 6) is -1.33. The Labute approximate surface area is 271 Å². The third-order valence-corrected chi connectivity index (χ3v) is 7.69. The van der Waals surface area contributed by atoms with Gasteiger partial charge in [0.15, 0.2) is 5.15 Å². The maximum Gasteiger partial charge on any atom is 0.247 e. The fourth-order valence-corrected chi connectivity index (χ4v) is 5.41. The zero-order valence-electron chi connectivity index (χ0n) is 23.5. The van der Waals surface area contributed by atoms with Crippen molar-refractivity contribution in [2.75, 3.05) is 23.3 Å². The molecule has 16 heteroatoms. The van der Waals surface area contributed by atoms with Gasteiger partial charge in [0.25, 0.3) is 0 Å². The second-order valence-corrected chi connectivity index (χ2v) is 11.4. The Morgan fingerprint density at radius 3 is 2.42 bits per heavy atom. The second kappa shape index (κ2) is 12.1. The molecule has 6 rings (SSSR count). The zero-order chi connectivity index (χ0) is 31.9. The van der Waals surface area contributed by atoms with Crippen LogP contribution in [0, 0.1) is 0 Å². The van der Waals surface area contributed by atoms with E-state index in [9.17, 15) is 14.4 Å². The van der Waals surface area contributed by atoms with Gasteiger partial charge in [-0.15, -0.1) is 5.10 Å². The minimum absolute atomic E-state index is 0.150. The van der Waals surface area contributed by atoms with Crippen LogP contribution in [0.5, 0.6) is 0 Å². The first-order chi connectivity index (χ1) is 21.5. The molecule has 0 spiro atoms. The Hall–Kier alpha value is -4.55. The molecular weight excluding hydrogens is 612 g/mol. The largest absolute Gasteiger partial charge is 0.324 e. The van der Waals surface area contributed by atoms with E-state index >= 15 is 0 Å². The summed E-state index contributed by atoms with van der Waals surface area (Å²) in [6.45, 7) is -0.692. The van der Waals surface area contributed by atoms with Crippen molar-refractivity contribution in [1.29, 1.82) is 0 Å². The quantitative estimate of drug-likeness (QED) is 0.263. The molecule has 1 aliphatic rings. The number of piperazine rings is 1. The molecular formula is C29H21B3Cl2N8O3. The number of rotatable bonds is 8. The molecule has 0 saturated carbocycles. The third kappa shape index (κ3) is 6.48. The van der Waals surface area contributed by atoms with Gasteiger partial charge in [0.2, 0.25) is 17.7 Å². The number of amides is 3. The van der Waals surface area contributed by atoms with E-state index in [1.54, 1.807) is 42.6 Å². The Balaban J connectivity index is 1.28. The predicted octanol–water partition coefficient (Wildman–Crippen LogP) is 2.42. The van der Waals surface area contributed by atoms with Gasteiger partial charge in [0, 0.05) is 28.7 Å². The van der Waals surface area contributed by atoms with Crippen LogP contribution in [0.2, 0.25) is 10.2 Å². The van der Waals surface area contributed by atoms with Gasteiger partial charge in [-0.05, 0) is 47.2 Å². The van der Waals surface area contributed by atoms with Gasteiger partial charge in [-0.2, -0.15) is 5.10 Å². The van der Waals surface area contributed by atoms with Gasteiger partial charge in [0.05, 0.1) is 46.6 Å². The summed E-state index contributed by atoms with van der Waals surface area (Å²) >= 11 is 12.2. The molecule has 1 atom stereocenters. The molecule has 0 bridgehead atoms. The Morgan fingerprint density at radius 2 is 1.71 bits per heavy atom. The smallest absolute Gasteiger partial charge is 0.247 e. The number of anilines is 2. The van der Waals surface area contributed by atoms with Crippen molar-refractivity contribution in [2.24, 2.45) is 0 Å². The highest BCUT2D eigenvalue weighted by Crippen LogP contribution is 2.30. The van der Waals surface area contributed by atoms with E-state index in [-0.39, 0.29) is 24.7 Å². The number of carbonyl (C=O) groups excluding carboxylic acids is 3. The third-order valence-electron chi connectivity index (χ3n) is 7.28. The summed E-state index contributed by atoms with van der Waals surface area (Å²) in [4.78, 5) is 43.9. The van der Waals surface area contributed by atoms with Gasteiger partial charge < -0.3 is 10.2 Å². The molecule has 218 valence electrons. The van der Waals surface area contributed by atoms with E-state index in [2.05, 4.69) is 20.7 Å². The van der Waals surface area contributed by atoms with Gasteiger partial charge in [-0.3, -0.25) is 24.0 Å². The lowest BCUT2D eigenvalue weighted by molar-refractivity contribution is -0.143. The summed E-state index contributed by atoms with van der Waals surface area (Å²) in [5, 5.41) is 14.3. The SMILES string of the molecule is [B]C([B])([B])n1cc2cc(NC(=O)C(Cc3ccccc3)N3CC(=O)N(c4cc(Cl)ccc4-n4cc(Cl)nn4)CC3=O)ccc2n1. The number of fused-ring (bicyclic) bond motifs is 1. The highest BCUT2D eigenvalue weighted by atomic mass is 35.5. The summed E-state index contributed by atoms with van der Waals surface area (Å²) < 4.78 is 2.60. The second-order valence-electron chi connectivity index (χ2n) is 10.5. The van der Waals surface area contributed by atoms with Gasteiger partial charge in [-0.25, -0.2) is 4.68 Å². The van der Waals surface area contributed by atoms with Crippen LogP contribution in [0.3, 0.4) is 0 Å². The van der Waals surface area contributed by atoms with Crippen molar-refractivity contribution in [2.45, 2.75) is 17.7 Å². The van der Waals surface area contributed by atoms with Crippen molar-refractivity contribution >= 4 is 86.7 Å². The Kier molecular flexibility index (Phi) is 8.19. The molecule has 1 unspecified atom stereocenters. The lowest BCUT2D eigenvalue weighted by Crippen LogP contribution is -2.60. The first kappa shape index (κ1) is 30.5. The van der Waals surface area contributed by atoms with Crippen molar-refractivity contribution in [3.8, 4) is 5.69 Å². The van der Waals surface area contributed by atoms with Crippen molar-refractivity contribution < 1.29 is 14.4 Å². The lowest BCUT2D eigenvalue weighted by atomic mass is 9.49. The van der Waals surface area contributed by atoms with E-state index < -0.39 is 29.0 Å². The molecule has 11 nitrogen and oxygen atoms in total. The van der Waals surface area contributed by atoms with Crippen LogP contribution in [-0.2, 0) is 26.0 Å². The first-order valence-corrected chi connectivity index (χ1v) is 14.4. The number of nitrogens with zero attached hydrogens (tertiary/aromatic N) is 7. The van der Waals surface area contributed by atoms with Crippen LogP contribution in [0.15, 0.2) is 79.1 Å². The van der Waals surface area contributed by atoms with Crippen molar-refractivity contribution in [1.82, 2.24) is 29.7 Å². The number of hydrogen-bond acceptors (Lipinski definition) is 6. The number of nitrogens with one attached hydrogen (secondary N) is 1. The molecule has 3 aromatic carbocycles. The molecule has 6 radical (unpaired) electrons. The molecule has 1 aliphatic heterocycles. The number of hydrogen-bond donors (Lipinski definition) is 1. The summed E-state index contributed by atoms with van der Waals surface area (Å²) in [7, 11) is 17.3. The van der Waals surface area contributed by atoms with Crippen LogP contribution in [0.4, 0.5) is 11.4 Å². The van der Waals surface area contributed by atoms with Gasteiger partial charge in [-0.1, -0.05) is 58.7 Å². The van der Waals surface area contributed by atoms with E-state index in [4.69, 9.17) is 46.7 Å². The Morgan fingerprint density at radius 1 is 0.933 bits per heavy atom. The van der Waals surface area contributed by atoms with E-state index in [1.807, 2.05) is 30.3 Å². The molecule has 5 aromatic rings. The normalized spacial score (nSPS) is 14.6. The van der Waals surface area contributed by atoms with Crippen molar-refractivity contribution in [3.63, 3.8) is 0 Å². The lowest BCUT2D eigenvalue weighted by Gasteiger charge is -2.38. The zero-order valence-corrected chi connectivity index (χ0v) is 25.1. The summed E-state index contributed by atoms with van der Waals surface area (Å²) in [6.07, 6.45) is 3.20. The molecule has 1 N–H and O–H groups in total. The standard InChI is InChI=1S/C29H21B3Cl2N8O3/c30-29(31,32)42-13-18-11-20(7-8-21(18)37-42)35-28(45)24(10-17-4-2-1-3-5-17)40-16-26(43)39(15-27(40)44)23-12-19(33)6-9-22(23)41-14-25(34)36-38-41/h1-9,11-14,24H,10,15-16H2,(H,35,45). The maximum atomic E-state index is 13.8. The average molecular weight is 633 g/mol. The summed E-state index contributed by atoms with van der Waals surface area (Å²) in [5.41, 5.74) is 2.60. The van der Waals surface area contributed by atoms with Gasteiger partial charge >= 0.3 is 0 Å². The molecule has 0 aliphatic carbocycles. The van der Waals surface area contributed by atoms with Crippen molar-refractivity contribution in [3.05, 3.63) is 94.9 Å². The van der Waals surface area contributed by atoms with E-state index in [1.165, 1.54) is 25.4 Å². The molecule has 45 heavy (non-hydrogen) atoms. The van der Waals surface area contributed by atoms with Crippen LogP contribution in [0.1, 0.15) is 5.56 Å². The number of carbonyl (C=O) groups is 3. The summed E-state index contributed by atoms with van der Waals surface area (Å²) in [6, 6.07) is 18.1. The van der Waals surface area contributed by atoms with E-state index in [0.717, 1.165) is 5.56 Å². The monoisotopic (exact) mass is 632 g/mol. The highest BCUT2D eigenvalue weighted by molar-refractivity contribution is 6.56. The molecule has 1 saturated heterocycles. The van der Waals surface area contributed by atoms with Gasteiger partial charge in [0.1, 0.15) is 19.1 Å². The van der Waals surface area contributed by atoms with Crippen LogP contribution in [0.25, 0.3) is 16.6 Å². The highest BCUT2D eigenvalue weighted by Gasteiger charge is 2.39. The Bertz CT molecular complexity index is 1930. The molecule has 3 amide bonds. The fraction of sp³-hybridized carbons (Fsp3) is 0.172. The van der Waals surface area contributed by atoms with E-state index in [0.29, 0.717) is 33.0 Å². The van der Waals surface area contributed by atoms with Crippen LogP contribution >= 0.6 is 23.2 Å². The number of aromatic nitrogens is 5.